The predicted molar refractivity (Wildman–Crippen MR) is 130 cm³/mol. The van der Waals surface area contributed by atoms with E-state index in [9.17, 15) is 14.7 Å². The van der Waals surface area contributed by atoms with Gasteiger partial charge < -0.3 is 19.6 Å². The van der Waals surface area contributed by atoms with Crippen molar-refractivity contribution in [3.63, 3.8) is 0 Å². The summed E-state index contributed by atoms with van der Waals surface area (Å²) >= 11 is 0. The fourth-order valence-electron chi connectivity index (χ4n) is 4.10. The van der Waals surface area contributed by atoms with Crippen molar-refractivity contribution in [1.29, 1.82) is 0 Å². The van der Waals surface area contributed by atoms with Crippen molar-refractivity contribution in [3.8, 4) is 5.75 Å². The Kier molecular flexibility index (Phi) is 8.66. The number of likely N-dealkylation sites (tertiary alicyclic amines) is 1. The molecule has 2 aromatic carbocycles. The van der Waals surface area contributed by atoms with Crippen LogP contribution in [-0.4, -0.2) is 59.4 Å². The van der Waals surface area contributed by atoms with Gasteiger partial charge in [-0.15, -0.1) is 0 Å². The lowest BCUT2D eigenvalue weighted by Gasteiger charge is -2.28. The van der Waals surface area contributed by atoms with Gasteiger partial charge in [0.25, 0.3) is 11.7 Å². The van der Waals surface area contributed by atoms with Crippen LogP contribution in [0, 0.1) is 0 Å². The summed E-state index contributed by atoms with van der Waals surface area (Å²) in [6.45, 7) is 9.61. The lowest BCUT2D eigenvalue weighted by atomic mass is 9.95. The van der Waals surface area contributed by atoms with Gasteiger partial charge in [-0.1, -0.05) is 69.7 Å². The molecular formula is C27H34N2O4. The maximum Gasteiger partial charge on any atom is 0.295 e. The van der Waals surface area contributed by atoms with Crippen molar-refractivity contribution in [1.82, 2.24) is 9.80 Å². The van der Waals surface area contributed by atoms with Crippen molar-refractivity contribution >= 4 is 17.4 Å². The molecule has 1 aliphatic heterocycles. The van der Waals surface area contributed by atoms with Gasteiger partial charge in [0, 0.05) is 18.7 Å². The zero-order valence-electron chi connectivity index (χ0n) is 19.8. The molecule has 1 heterocycles. The van der Waals surface area contributed by atoms with Crippen LogP contribution in [0.4, 0.5) is 0 Å². The summed E-state index contributed by atoms with van der Waals surface area (Å²) in [5.41, 5.74) is 1.39. The second-order valence-electron chi connectivity index (χ2n) is 8.16. The molecule has 6 nitrogen and oxygen atoms in total. The maximum atomic E-state index is 13.1. The molecule has 1 atom stereocenters. The van der Waals surface area contributed by atoms with Gasteiger partial charge in [0.2, 0.25) is 0 Å². The van der Waals surface area contributed by atoms with E-state index in [-0.39, 0.29) is 11.3 Å². The first-order valence-electron chi connectivity index (χ1n) is 11.8. The van der Waals surface area contributed by atoms with Crippen molar-refractivity contribution in [2.24, 2.45) is 0 Å². The number of carbonyl (C=O) groups excluding carboxylic acids is 2. The molecule has 6 heteroatoms. The van der Waals surface area contributed by atoms with Gasteiger partial charge in [-0.3, -0.25) is 9.59 Å². The Bertz CT molecular complexity index is 983. The molecule has 1 aliphatic rings. The highest BCUT2D eigenvalue weighted by Crippen LogP contribution is 2.39. The normalized spacial score (nSPS) is 17.7. The number of unbranched alkanes of at least 4 members (excludes halogenated alkanes) is 1. The Hall–Kier alpha value is -3.12. The molecule has 1 N–H and O–H groups in total. The van der Waals surface area contributed by atoms with Crippen LogP contribution < -0.4 is 4.74 Å². The van der Waals surface area contributed by atoms with Gasteiger partial charge >= 0.3 is 0 Å². The molecule has 3 rings (SSSR count). The van der Waals surface area contributed by atoms with E-state index >= 15 is 0 Å². The first-order chi connectivity index (χ1) is 16.0. The molecule has 1 fully saturated rings. The zero-order chi connectivity index (χ0) is 23.8. The average Bonchev–Trinajstić information content (AvgIpc) is 3.10. The van der Waals surface area contributed by atoms with E-state index in [1.165, 1.54) is 0 Å². The third kappa shape index (κ3) is 5.63. The summed E-state index contributed by atoms with van der Waals surface area (Å²) in [5, 5.41) is 11.2. The Morgan fingerprint density at radius 1 is 1.03 bits per heavy atom. The maximum absolute atomic E-state index is 13.1. The Morgan fingerprint density at radius 3 is 2.42 bits per heavy atom. The molecule has 1 amide bonds. The Balaban J connectivity index is 2.01. The largest absolute Gasteiger partial charge is 0.507 e. The van der Waals surface area contributed by atoms with Crippen molar-refractivity contribution in [3.05, 3.63) is 71.3 Å². The minimum atomic E-state index is -0.654. The number of amides is 1. The van der Waals surface area contributed by atoms with Gasteiger partial charge in [-0.25, -0.2) is 0 Å². The van der Waals surface area contributed by atoms with Crippen molar-refractivity contribution < 1.29 is 19.4 Å². The quantitative estimate of drug-likeness (QED) is 0.234. The van der Waals surface area contributed by atoms with Crippen molar-refractivity contribution in [2.75, 3.05) is 32.8 Å². The molecule has 0 aliphatic carbocycles. The van der Waals surface area contributed by atoms with Crippen LogP contribution in [-0.2, 0) is 9.59 Å². The molecule has 1 saturated heterocycles. The number of hydrogen-bond acceptors (Lipinski definition) is 5. The highest BCUT2D eigenvalue weighted by molar-refractivity contribution is 6.46. The molecule has 0 aromatic heterocycles. The first kappa shape index (κ1) is 24.5. The van der Waals surface area contributed by atoms with Crippen LogP contribution in [0.3, 0.4) is 0 Å². The van der Waals surface area contributed by atoms with Crippen LogP contribution >= 0.6 is 0 Å². The number of Topliss-reactive ketones (excluding diaryl/α,β-unsaturated/α-hetero) is 1. The van der Waals surface area contributed by atoms with E-state index in [0.717, 1.165) is 31.5 Å². The first-order valence-corrected chi connectivity index (χ1v) is 11.8. The van der Waals surface area contributed by atoms with Gasteiger partial charge in [-0.05, 0) is 37.2 Å². The van der Waals surface area contributed by atoms with E-state index in [2.05, 4.69) is 25.7 Å². The molecule has 176 valence electrons. The third-order valence-corrected chi connectivity index (χ3v) is 6.08. The molecule has 33 heavy (non-hydrogen) atoms. The molecular weight excluding hydrogens is 416 g/mol. The lowest BCUT2D eigenvalue weighted by Crippen LogP contribution is -2.38. The summed E-state index contributed by atoms with van der Waals surface area (Å²) in [6.07, 6.45) is 1.95. The van der Waals surface area contributed by atoms with E-state index in [4.69, 9.17) is 4.74 Å². The molecule has 2 aromatic rings. The highest BCUT2D eigenvalue weighted by atomic mass is 16.5. The fraction of sp³-hybridized carbons (Fsp3) is 0.407. The van der Waals surface area contributed by atoms with Crippen LogP contribution in [0.5, 0.6) is 5.75 Å². The second-order valence-corrected chi connectivity index (χ2v) is 8.16. The zero-order valence-corrected chi connectivity index (χ0v) is 19.8. The van der Waals surface area contributed by atoms with Gasteiger partial charge in [-0.2, -0.15) is 0 Å². The van der Waals surface area contributed by atoms with Crippen LogP contribution in [0.2, 0.25) is 0 Å². The van der Waals surface area contributed by atoms with E-state index in [1.54, 1.807) is 23.1 Å². The van der Waals surface area contributed by atoms with Crippen LogP contribution in [0.1, 0.15) is 50.8 Å². The Morgan fingerprint density at radius 2 is 1.76 bits per heavy atom. The number of likely N-dealkylation sites (N-methyl/N-ethyl adjacent to an activating group) is 1. The SMILES string of the molecule is CCCCOc1cccc(C(O)=C2C(=O)C(=O)N(CCN(CC)CC)C2c2ccccc2)c1. The number of hydrogen-bond donors (Lipinski definition) is 1. The highest BCUT2D eigenvalue weighted by Gasteiger charge is 2.45. The standard InChI is InChI=1S/C27H34N2O4/c1-4-7-18-33-22-15-11-14-21(19-22)25(30)23-24(20-12-9-8-10-13-20)29(27(32)26(23)31)17-16-28(5-2)6-3/h8-15,19,24,30H,4-7,16-18H2,1-3H3. The molecule has 0 radical (unpaired) electrons. The number of aliphatic hydroxyl groups is 1. The van der Waals surface area contributed by atoms with Crippen molar-refractivity contribution in [2.45, 2.75) is 39.7 Å². The number of benzene rings is 2. The van der Waals surface area contributed by atoms with Gasteiger partial charge in [0.15, 0.2) is 0 Å². The van der Waals surface area contributed by atoms with E-state index in [0.29, 0.717) is 31.0 Å². The fourth-order valence-corrected chi connectivity index (χ4v) is 4.10. The van der Waals surface area contributed by atoms with E-state index in [1.807, 2.05) is 36.4 Å². The third-order valence-electron chi connectivity index (χ3n) is 6.08. The van der Waals surface area contributed by atoms with Crippen LogP contribution in [0.25, 0.3) is 5.76 Å². The minimum Gasteiger partial charge on any atom is -0.507 e. The lowest BCUT2D eigenvalue weighted by molar-refractivity contribution is -0.140. The van der Waals surface area contributed by atoms with Gasteiger partial charge in [0.1, 0.15) is 11.5 Å². The summed E-state index contributed by atoms with van der Waals surface area (Å²) in [4.78, 5) is 30.0. The predicted octanol–water partition coefficient (Wildman–Crippen LogP) is 4.63. The number of nitrogens with zero attached hydrogens (tertiary/aromatic N) is 2. The number of rotatable bonds is 11. The van der Waals surface area contributed by atoms with E-state index < -0.39 is 17.7 Å². The monoisotopic (exact) mass is 450 g/mol. The summed E-state index contributed by atoms with van der Waals surface area (Å²) in [6, 6.07) is 15.8. The molecule has 0 spiro atoms. The molecule has 0 saturated carbocycles. The second kappa shape index (κ2) is 11.7. The smallest absolute Gasteiger partial charge is 0.295 e. The number of aliphatic hydroxyl groups excluding tert-OH is 1. The molecule has 1 unspecified atom stereocenters. The van der Waals surface area contributed by atoms with Crippen LogP contribution in [0.15, 0.2) is 60.2 Å². The summed E-state index contributed by atoms with van der Waals surface area (Å²) in [5.74, 6) is -0.779. The minimum absolute atomic E-state index is 0.122. The number of ether oxygens (including phenoxy) is 1. The Labute approximate surface area is 196 Å². The molecule has 0 bridgehead atoms. The topological polar surface area (TPSA) is 70.1 Å². The summed E-state index contributed by atoms with van der Waals surface area (Å²) < 4.78 is 5.77. The average molecular weight is 451 g/mol. The van der Waals surface area contributed by atoms with Gasteiger partial charge in [0.05, 0.1) is 18.2 Å². The number of carbonyl (C=O) groups is 2. The summed E-state index contributed by atoms with van der Waals surface area (Å²) in [7, 11) is 0. The number of ketones is 1.